The van der Waals surface area contributed by atoms with Crippen LogP contribution in [-0.2, 0) is 10.2 Å². The molecule has 5 heteroatoms. The summed E-state index contributed by atoms with van der Waals surface area (Å²) >= 11 is 1.50. The Morgan fingerprint density at radius 3 is 2.50 bits per heavy atom. The number of anilines is 2. The fourth-order valence-electron chi connectivity index (χ4n) is 1.97. The minimum absolute atomic E-state index is 0.0358. The van der Waals surface area contributed by atoms with Gasteiger partial charge in [-0.1, -0.05) is 26.8 Å². The quantitative estimate of drug-likeness (QED) is 0.832. The van der Waals surface area contributed by atoms with Gasteiger partial charge in [0.2, 0.25) is 6.41 Å². The zero-order valence-electron chi connectivity index (χ0n) is 13.2. The summed E-state index contributed by atoms with van der Waals surface area (Å²) in [4.78, 5) is 24.7. The molecule has 2 rings (SSSR count). The Kier molecular flexibility index (Phi) is 4.66. The van der Waals surface area contributed by atoms with Gasteiger partial charge in [-0.15, -0.1) is 11.3 Å². The predicted molar refractivity (Wildman–Crippen MR) is 91.8 cm³/mol. The van der Waals surface area contributed by atoms with Crippen LogP contribution < -0.4 is 10.6 Å². The molecule has 0 radical (unpaired) electrons. The van der Waals surface area contributed by atoms with Crippen molar-refractivity contribution in [2.75, 3.05) is 10.6 Å². The third-order valence-corrected chi connectivity index (χ3v) is 4.79. The van der Waals surface area contributed by atoms with Crippen LogP contribution in [0.5, 0.6) is 0 Å². The van der Waals surface area contributed by atoms with Gasteiger partial charge in [0.15, 0.2) is 0 Å². The topological polar surface area (TPSA) is 58.2 Å². The third-order valence-electron chi connectivity index (χ3n) is 3.28. The van der Waals surface area contributed by atoms with Crippen LogP contribution in [0.3, 0.4) is 0 Å². The minimum atomic E-state index is -0.138. The molecule has 4 nitrogen and oxygen atoms in total. The summed E-state index contributed by atoms with van der Waals surface area (Å²) < 4.78 is 0. The number of aryl methyl sites for hydroxylation is 1. The molecule has 0 fully saturated rings. The number of hydrogen-bond acceptors (Lipinski definition) is 3. The fraction of sp³-hybridized carbons (Fsp3) is 0.294. The number of amides is 2. The molecule has 0 aliphatic carbocycles. The monoisotopic (exact) mass is 316 g/mol. The van der Waals surface area contributed by atoms with E-state index in [-0.39, 0.29) is 11.3 Å². The zero-order valence-corrected chi connectivity index (χ0v) is 14.0. The minimum Gasteiger partial charge on any atom is -0.328 e. The molecule has 0 spiro atoms. The molecule has 0 unspecified atom stereocenters. The van der Waals surface area contributed by atoms with Gasteiger partial charge in [-0.25, -0.2) is 0 Å². The Balaban J connectivity index is 2.17. The first-order chi connectivity index (χ1) is 10.3. The number of nitrogens with one attached hydrogen (secondary N) is 2. The van der Waals surface area contributed by atoms with Crippen molar-refractivity contribution in [2.45, 2.75) is 33.1 Å². The molecule has 22 heavy (non-hydrogen) atoms. The lowest BCUT2D eigenvalue weighted by molar-refractivity contribution is -0.105. The van der Waals surface area contributed by atoms with Gasteiger partial charge >= 0.3 is 0 Å². The zero-order chi connectivity index (χ0) is 16.3. The molecule has 0 aliphatic rings. The van der Waals surface area contributed by atoms with Crippen LogP contribution in [0.15, 0.2) is 30.3 Å². The Morgan fingerprint density at radius 2 is 1.91 bits per heavy atom. The predicted octanol–water partition coefficient (Wildman–Crippen LogP) is 4.17. The van der Waals surface area contributed by atoms with Gasteiger partial charge < -0.3 is 10.6 Å². The highest BCUT2D eigenvalue weighted by Crippen LogP contribution is 2.30. The second-order valence-corrected chi connectivity index (χ2v) is 7.24. The maximum atomic E-state index is 12.3. The second-order valence-electron chi connectivity index (χ2n) is 6.16. The molecule has 1 aromatic heterocycles. The first kappa shape index (κ1) is 16.2. The number of benzene rings is 1. The number of rotatable bonds is 4. The van der Waals surface area contributed by atoms with Crippen molar-refractivity contribution in [1.82, 2.24) is 0 Å². The van der Waals surface area contributed by atoms with E-state index in [0.717, 1.165) is 5.56 Å². The van der Waals surface area contributed by atoms with Gasteiger partial charge in [0.25, 0.3) is 5.91 Å². The maximum absolute atomic E-state index is 12.3. The van der Waals surface area contributed by atoms with E-state index in [9.17, 15) is 9.59 Å². The van der Waals surface area contributed by atoms with E-state index in [4.69, 9.17) is 0 Å². The third kappa shape index (κ3) is 3.74. The Labute approximate surface area is 134 Å². The highest BCUT2D eigenvalue weighted by molar-refractivity contribution is 7.14. The van der Waals surface area contributed by atoms with E-state index >= 15 is 0 Å². The fourth-order valence-corrected chi connectivity index (χ4v) is 2.93. The summed E-state index contributed by atoms with van der Waals surface area (Å²) in [5, 5.41) is 5.49. The van der Waals surface area contributed by atoms with Crippen LogP contribution >= 0.6 is 11.3 Å². The highest BCUT2D eigenvalue weighted by atomic mass is 32.1. The van der Waals surface area contributed by atoms with Crippen molar-refractivity contribution in [3.05, 3.63) is 45.6 Å². The van der Waals surface area contributed by atoms with Crippen LogP contribution in [0.4, 0.5) is 11.4 Å². The van der Waals surface area contributed by atoms with E-state index < -0.39 is 0 Å². The molecule has 0 bridgehead atoms. The standard InChI is InChI=1S/C17H20N2O2S/c1-11-5-6-12(9-13(11)18-10-20)19-16(21)14-7-8-15(22-14)17(2,3)4/h5-10H,1-4H3,(H,18,20)(H,19,21). The van der Waals surface area contributed by atoms with Crippen LogP contribution in [0.25, 0.3) is 0 Å². The van der Waals surface area contributed by atoms with E-state index in [1.54, 1.807) is 6.07 Å². The van der Waals surface area contributed by atoms with Gasteiger partial charge in [-0.2, -0.15) is 0 Å². The molecule has 0 aliphatic heterocycles. The molecular formula is C17H20N2O2S. The molecule has 116 valence electrons. The number of carbonyl (C=O) groups is 2. The lowest BCUT2D eigenvalue weighted by Gasteiger charge is -2.15. The van der Waals surface area contributed by atoms with Crippen molar-refractivity contribution in [3.8, 4) is 0 Å². The lowest BCUT2D eigenvalue weighted by atomic mass is 9.95. The van der Waals surface area contributed by atoms with Gasteiger partial charge in [-0.05, 0) is 42.2 Å². The van der Waals surface area contributed by atoms with Crippen molar-refractivity contribution < 1.29 is 9.59 Å². The molecule has 0 saturated carbocycles. The Morgan fingerprint density at radius 1 is 1.18 bits per heavy atom. The molecular weight excluding hydrogens is 296 g/mol. The van der Waals surface area contributed by atoms with Crippen molar-refractivity contribution >= 4 is 35.0 Å². The Bertz CT molecular complexity index is 699. The summed E-state index contributed by atoms with van der Waals surface area (Å²) in [7, 11) is 0. The van der Waals surface area contributed by atoms with Crippen LogP contribution in [0.1, 0.15) is 40.9 Å². The summed E-state index contributed by atoms with van der Waals surface area (Å²) in [6.45, 7) is 8.26. The average Bonchev–Trinajstić information content (AvgIpc) is 2.92. The molecule has 0 atom stereocenters. The second kappa shape index (κ2) is 6.32. The maximum Gasteiger partial charge on any atom is 0.265 e. The highest BCUT2D eigenvalue weighted by Gasteiger charge is 2.18. The SMILES string of the molecule is Cc1ccc(NC(=O)c2ccc(C(C)(C)C)s2)cc1NC=O. The molecule has 2 N–H and O–H groups in total. The van der Waals surface area contributed by atoms with E-state index in [0.29, 0.717) is 22.7 Å². The van der Waals surface area contributed by atoms with Gasteiger partial charge in [-0.3, -0.25) is 9.59 Å². The smallest absolute Gasteiger partial charge is 0.265 e. The number of carbonyl (C=O) groups excluding carboxylic acids is 2. The van der Waals surface area contributed by atoms with Crippen LogP contribution in [-0.4, -0.2) is 12.3 Å². The van der Waals surface area contributed by atoms with Crippen LogP contribution in [0.2, 0.25) is 0 Å². The number of thiophene rings is 1. The first-order valence-electron chi connectivity index (χ1n) is 7.04. The summed E-state index contributed by atoms with van der Waals surface area (Å²) in [5.74, 6) is -0.138. The molecule has 1 aromatic carbocycles. The largest absolute Gasteiger partial charge is 0.328 e. The van der Waals surface area contributed by atoms with E-state index in [2.05, 4.69) is 31.4 Å². The molecule has 2 amide bonds. The Hall–Kier alpha value is -2.14. The number of hydrogen-bond donors (Lipinski definition) is 2. The lowest BCUT2D eigenvalue weighted by Crippen LogP contribution is -2.11. The first-order valence-corrected chi connectivity index (χ1v) is 7.85. The van der Waals surface area contributed by atoms with Gasteiger partial charge in [0.05, 0.1) is 4.88 Å². The van der Waals surface area contributed by atoms with E-state index in [1.165, 1.54) is 16.2 Å². The van der Waals surface area contributed by atoms with Crippen molar-refractivity contribution in [1.29, 1.82) is 0 Å². The molecule has 2 aromatic rings. The van der Waals surface area contributed by atoms with Crippen LogP contribution in [0, 0.1) is 6.92 Å². The normalized spacial score (nSPS) is 11.1. The molecule has 1 heterocycles. The van der Waals surface area contributed by atoms with Gasteiger partial charge in [0.1, 0.15) is 0 Å². The summed E-state index contributed by atoms with van der Waals surface area (Å²) in [5.41, 5.74) is 2.32. The summed E-state index contributed by atoms with van der Waals surface area (Å²) in [6.07, 6.45) is 0.628. The summed E-state index contributed by atoms with van der Waals surface area (Å²) in [6, 6.07) is 9.27. The molecule has 0 saturated heterocycles. The average molecular weight is 316 g/mol. The van der Waals surface area contributed by atoms with Crippen molar-refractivity contribution in [3.63, 3.8) is 0 Å². The van der Waals surface area contributed by atoms with Crippen molar-refractivity contribution in [2.24, 2.45) is 0 Å². The van der Waals surface area contributed by atoms with Gasteiger partial charge in [0, 0.05) is 16.3 Å². The van der Waals surface area contributed by atoms with E-state index in [1.807, 2.05) is 31.2 Å².